The van der Waals surface area contributed by atoms with Crippen LogP contribution in [-0.4, -0.2) is 71.2 Å². The maximum Gasteiger partial charge on any atom is 0.317 e. The van der Waals surface area contributed by atoms with Gasteiger partial charge in [0.1, 0.15) is 0 Å². The van der Waals surface area contributed by atoms with E-state index in [1.165, 1.54) is 0 Å². The number of carbonyl (C=O) groups is 3. The summed E-state index contributed by atoms with van der Waals surface area (Å²) in [5.41, 5.74) is 0. The highest BCUT2D eigenvalue weighted by molar-refractivity contribution is 5.79. The van der Waals surface area contributed by atoms with Crippen LogP contribution in [0.1, 0.15) is 13.3 Å². The first kappa shape index (κ1) is 13.4. The van der Waals surface area contributed by atoms with E-state index in [1.807, 2.05) is 0 Å². The normalized spacial score (nSPS) is 23.6. The third-order valence-corrected chi connectivity index (χ3v) is 3.37. The number of hydrogen-bond donors (Lipinski definition) is 3. The number of fused-ring (bicyclic) bond motifs is 1. The zero-order valence-corrected chi connectivity index (χ0v) is 10.8. The van der Waals surface area contributed by atoms with E-state index < -0.39 is 12.0 Å². The van der Waals surface area contributed by atoms with Crippen molar-refractivity contribution in [1.29, 1.82) is 0 Å². The highest BCUT2D eigenvalue weighted by Gasteiger charge is 2.37. The van der Waals surface area contributed by atoms with Gasteiger partial charge in [-0.25, -0.2) is 9.59 Å². The van der Waals surface area contributed by atoms with Crippen LogP contribution in [-0.2, 0) is 4.79 Å². The van der Waals surface area contributed by atoms with E-state index >= 15 is 0 Å². The van der Waals surface area contributed by atoms with Crippen molar-refractivity contribution < 1.29 is 19.5 Å². The Morgan fingerprint density at radius 3 is 2.95 bits per heavy atom. The number of carboxylic acid groups (broad SMARTS) is 1. The van der Waals surface area contributed by atoms with E-state index in [9.17, 15) is 14.4 Å². The summed E-state index contributed by atoms with van der Waals surface area (Å²) >= 11 is 0. The quantitative estimate of drug-likeness (QED) is 0.629. The predicted molar refractivity (Wildman–Crippen MR) is 65.7 cm³/mol. The first-order valence-corrected chi connectivity index (χ1v) is 6.29. The van der Waals surface area contributed by atoms with E-state index in [1.54, 1.807) is 16.7 Å². The van der Waals surface area contributed by atoms with Crippen molar-refractivity contribution in [3.63, 3.8) is 0 Å². The van der Waals surface area contributed by atoms with Crippen LogP contribution in [0.4, 0.5) is 9.59 Å². The lowest BCUT2D eigenvalue weighted by Crippen LogP contribution is -2.56. The molecular formula is C11H18N4O4. The minimum absolute atomic E-state index is 0.0155. The molecule has 2 rings (SSSR count). The molecule has 19 heavy (non-hydrogen) atoms. The van der Waals surface area contributed by atoms with Crippen molar-refractivity contribution in [2.75, 3.05) is 26.2 Å². The molecule has 2 aliphatic heterocycles. The summed E-state index contributed by atoms with van der Waals surface area (Å²) in [4.78, 5) is 37.3. The molecule has 0 aromatic rings. The molecule has 0 spiro atoms. The highest BCUT2D eigenvalue weighted by Crippen LogP contribution is 2.14. The SMILES string of the molecule is CC(CC(=O)O)NC(=O)N1CCN2C(=O)NCC2C1. The molecule has 4 amide bonds. The van der Waals surface area contributed by atoms with Crippen LogP contribution < -0.4 is 10.6 Å². The molecule has 106 valence electrons. The van der Waals surface area contributed by atoms with E-state index in [4.69, 9.17) is 5.11 Å². The summed E-state index contributed by atoms with van der Waals surface area (Å²) in [7, 11) is 0. The van der Waals surface area contributed by atoms with Crippen LogP contribution in [0.15, 0.2) is 0 Å². The van der Waals surface area contributed by atoms with Gasteiger partial charge in [0.2, 0.25) is 0 Å². The molecular weight excluding hydrogens is 252 g/mol. The summed E-state index contributed by atoms with van der Waals surface area (Å²) in [6.07, 6.45) is -0.102. The largest absolute Gasteiger partial charge is 0.481 e. The van der Waals surface area contributed by atoms with Gasteiger partial charge in [-0.3, -0.25) is 4.79 Å². The average Bonchev–Trinajstić information content (AvgIpc) is 2.69. The molecule has 0 aromatic heterocycles. The second-order valence-corrected chi connectivity index (χ2v) is 4.93. The van der Waals surface area contributed by atoms with Crippen molar-refractivity contribution in [3.05, 3.63) is 0 Å². The van der Waals surface area contributed by atoms with Gasteiger partial charge in [0, 0.05) is 32.2 Å². The van der Waals surface area contributed by atoms with Crippen LogP contribution in [0.5, 0.6) is 0 Å². The maximum atomic E-state index is 12.0. The Hall–Kier alpha value is -1.99. The number of nitrogens with zero attached hydrogens (tertiary/aromatic N) is 2. The molecule has 8 nitrogen and oxygen atoms in total. The van der Waals surface area contributed by atoms with Gasteiger partial charge in [-0.1, -0.05) is 0 Å². The standard InChI is InChI=1S/C11H18N4O4/c1-7(4-9(16)17)13-11(19)14-2-3-15-8(6-14)5-12-10(15)18/h7-8H,2-6H2,1H3,(H,12,18)(H,13,19)(H,16,17). The smallest absolute Gasteiger partial charge is 0.317 e. The molecule has 0 radical (unpaired) electrons. The van der Waals surface area contributed by atoms with Crippen LogP contribution in [0.25, 0.3) is 0 Å². The van der Waals surface area contributed by atoms with E-state index in [-0.39, 0.29) is 24.5 Å². The number of urea groups is 2. The monoisotopic (exact) mass is 270 g/mol. The molecule has 0 aromatic carbocycles. The first-order valence-electron chi connectivity index (χ1n) is 6.29. The lowest BCUT2D eigenvalue weighted by Gasteiger charge is -2.36. The Morgan fingerprint density at radius 1 is 1.53 bits per heavy atom. The van der Waals surface area contributed by atoms with Crippen LogP contribution in [0, 0.1) is 0 Å². The summed E-state index contributed by atoms with van der Waals surface area (Å²) in [6.45, 7) is 3.66. The molecule has 0 bridgehead atoms. The summed E-state index contributed by atoms with van der Waals surface area (Å²) in [5, 5.41) is 14.0. The Labute approximate surface area is 110 Å². The number of hydrogen-bond acceptors (Lipinski definition) is 3. The molecule has 8 heteroatoms. The van der Waals surface area contributed by atoms with Crippen LogP contribution in [0.2, 0.25) is 0 Å². The molecule has 2 fully saturated rings. The van der Waals surface area contributed by atoms with Crippen LogP contribution >= 0.6 is 0 Å². The fourth-order valence-corrected chi connectivity index (χ4v) is 2.40. The zero-order chi connectivity index (χ0) is 14.0. The summed E-state index contributed by atoms with van der Waals surface area (Å²) < 4.78 is 0. The van der Waals surface area contributed by atoms with Crippen molar-refractivity contribution in [1.82, 2.24) is 20.4 Å². The third-order valence-electron chi connectivity index (χ3n) is 3.37. The van der Waals surface area contributed by atoms with Gasteiger partial charge >= 0.3 is 18.0 Å². The highest BCUT2D eigenvalue weighted by atomic mass is 16.4. The van der Waals surface area contributed by atoms with Crippen LogP contribution in [0.3, 0.4) is 0 Å². The Balaban J connectivity index is 1.84. The van der Waals surface area contributed by atoms with E-state index in [0.29, 0.717) is 26.2 Å². The maximum absolute atomic E-state index is 12.0. The first-order chi connectivity index (χ1) is 8.97. The number of rotatable bonds is 3. The molecule has 2 atom stereocenters. The van der Waals surface area contributed by atoms with Gasteiger partial charge in [0.15, 0.2) is 0 Å². The number of amides is 4. The average molecular weight is 270 g/mol. The van der Waals surface area contributed by atoms with Gasteiger partial charge in [-0.05, 0) is 6.92 Å². The Morgan fingerprint density at radius 2 is 2.26 bits per heavy atom. The Bertz CT molecular complexity index is 400. The van der Waals surface area contributed by atoms with Gasteiger partial charge in [-0.2, -0.15) is 0 Å². The second-order valence-electron chi connectivity index (χ2n) is 4.93. The second kappa shape index (κ2) is 5.33. The number of carboxylic acids is 1. The molecule has 2 aliphatic rings. The fourth-order valence-electron chi connectivity index (χ4n) is 2.40. The molecule has 3 N–H and O–H groups in total. The summed E-state index contributed by atoms with van der Waals surface area (Å²) in [5.74, 6) is -0.941. The number of carbonyl (C=O) groups excluding carboxylic acids is 2. The zero-order valence-electron chi connectivity index (χ0n) is 10.8. The van der Waals surface area contributed by atoms with Gasteiger partial charge in [0.05, 0.1) is 12.5 Å². The van der Waals surface area contributed by atoms with E-state index in [2.05, 4.69) is 10.6 Å². The third kappa shape index (κ3) is 3.07. The van der Waals surface area contributed by atoms with Crippen molar-refractivity contribution in [2.24, 2.45) is 0 Å². The molecule has 0 saturated carbocycles. The van der Waals surface area contributed by atoms with Crippen molar-refractivity contribution in [3.8, 4) is 0 Å². The molecule has 2 unspecified atom stereocenters. The number of aliphatic carboxylic acids is 1. The number of nitrogens with one attached hydrogen (secondary N) is 2. The van der Waals surface area contributed by atoms with Gasteiger partial charge in [0.25, 0.3) is 0 Å². The summed E-state index contributed by atoms with van der Waals surface area (Å²) in [6, 6.07) is -0.745. The molecule has 2 saturated heterocycles. The lowest BCUT2D eigenvalue weighted by molar-refractivity contribution is -0.137. The topological polar surface area (TPSA) is 102 Å². The Kier molecular flexibility index (Phi) is 3.77. The molecule has 0 aliphatic carbocycles. The fraction of sp³-hybridized carbons (Fsp3) is 0.727. The lowest BCUT2D eigenvalue weighted by atomic mass is 10.2. The minimum Gasteiger partial charge on any atom is -0.481 e. The van der Waals surface area contributed by atoms with Crippen molar-refractivity contribution >= 4 is 18.0 Å². The van der Waals surface area contributed by atoms with Gasteiger partial charge < -0.3 is 25.5 Å². The van der Waals surface area contributed by atoms with E-state index in [0.717, 1.165) is 0 Å². The predicted octanol–water partition coefficient (Wildman–Crippen LogP) is -0.731. The number of piperazine rings is 1. The van der Waals surface area contributed by atoms with Gasteiger partial charge in [-0.15, -0.1) is 0 Å². The molecule has 2 heterocycles. The van der Waals surface area contributed by atoms with Crippen molar-refractivity contribution in [2.45, 2.75) is 25.4 Å². The minimum atomic E-state index is -0.941.